The van der Waals surface area contributed by atoms with Crippen LogP contribution in [0.1, 0.15) is 30.1 Å². The highest BCUT2D eigenvalue weighted by atomic mass is 16.6. The molecule has 0 unspecified atom stereocenters. The summed E-state index contributed by atoms with van der Waals surface area (Å²) in [6, 6.07) is 6.54. The van der Waals surface area contributed by atoms with Crippen molar-refractivity contribution in [3.8, 4) is 5.75 Å². The molecule has 92 valence electrons. The lowest BCUT2D eigenvalue weighted by molar-refractivity contribution is -0.146. The van der Waals surface area contributed by atoms with Crippen LogP contribution in [-0.4, -0.2) is 25.5 Å². The molecule has 0 fully saturated rings. The van der Waals surface area contributed by atoms with Gasteiger partial charge in [-0.1, -0.05) is 13.3 Å². The Balaban J connectivity index is 2.29. The van der Waals surface area contributed by atoms with Crippen LogP contribution >= 0.6 is 0 Å². The summed E-state index contributed by atoms with van der Waals surface area (Å²) in [5, 5.41) is 0. The maximum Gasteiger partial charge on any atom is 0.344 e. The summed E-state index contributed by atoms with van der Waals surface area (Å²) in [4.78, 5) is 21.6. The van der Waals surface area contributed by atoms with Crippen LogP contribution in [-0.2, 0) is 9.53 Å². The minimum Gasteiger partial charge on any atom is -0.482 e. The van der Waals surface area contributed by atoms with Gasteiger partial charge in [-0.2, -0.15) is 0 Å². The predicted octanol–water partition coefficient (Wildman–Crippen LogP) is 2.22. The van der Waals surface area contributed by atoms with Crippen molar-refractivity contribution in [2.45, 2.75) is 19.8 Å². The molecular weight excluding hydrogens is 220 g/mol. The second kappa shape index (κ2) is 7.44. The molecule has 0 bridgehead atoms. The van der Waals surface area contributed by atoms with Crippen LogP contribution in [0.15, 0.2) is 24.3 Å². The van der Waals surface area contributed by atoms with Crippen molar-refractivity contribution in [3.05, 3.63) is 29.8 Å². The summed E-state index contributed by atoms with van der Waals surface area (Å²) >= 11 is 0. The first-order valence-electron chi connectivity index (χ1n) is 5.60. The van der Waals surface area contributed by atoms with Gasteiger partial charge in [0.1, 0.15) is 12.0 Å². The Kier molecular flexibility index (Phi) is 5.79. The maximum atomic E-state index is 11.2. The van der Waals surface area contributed by atoms with Crippen molar-refractivity contribution < 1.29 is 19.1 Å². The van der Waals surface area contributed by atoms with Gasteiger partial charge < -0.3 is 9.47 Å². The lowest BCUT2D eigenvalue weighted by atomic mass is 10.2. The van der Waals surface area contributed by atoms with Crippen molar-refractivity contribution in [1.82, 2.24) is 0 Å². The predicted molar refractivity (Wildman–Crippen MR) is 63.2 cm³/mol. The molecule has 1 aromatic carbocycles. The summed E-state index contributed by atoms with van der Waals surface area (Å²) in [7, 11) is 0. The molecule has 0 saturated heterocycles. The Morgan fingerprint density at radius 2 is 2.00 bits per heavy atom. The smallest absolute Gasteiger partial charge is 0.344 e. The second-order valence-corrected chi connectivity index (χ2v) is 3.55. The van der Waals surface area contributed by atoms with E-state index in [4.69, 9.17) is 9.47 Å². The highest BCUT2D eigenvalue weighted by Gasteiger charge is 2.03. The fourth-order valence-corrected chi connectivity index (χ4v) is 1.16. The molecule has 4 heteroatoms. The largest absolute Gasteiger partial charge is 0.482 e. The van der Waals surface area contributed by atoms with Gasteiger partial charge in [-0.05, 0) is 30.7 Å². The van der Waals surface area contributed by atoms with Crippen molar-refractivity contribution >= 4 is 12.3 Å². The third-order valence-electron chi connectivity index (χ3n) is 2.13. The third kappa shape index (κ3) is 5.15. The lowest BCUT2D eigenvalue weighted by Crippen LogP contribution is -2.15. The van der Waals surface area contributed by atoms with E-state index < -0.39 is 0 Å². The first kappa shape index (κ1) is 13.2. The van der Waals surface area contributed by atoms with E-state index in [1.54, 1.807) is 24.3 Å². The number of rotatable bonds is 7. The first-order valence-corrected chi connectivity index (χ1v) is 5.60. The molecule has 0 heterocycles. The van der Waals surface area contributed by atoms with E-state index in [0.717, 1.165) is 19.1 Å². The molecule has 0 aliphatic heterocycles. The zero-order valence-electron chi connectivity index (χ0n) is 9.85. The summed E-state index contributed by atoms with van der Waals surface area (Å²) in [5.41, 5.74) is 0.572. The van der Waals surface area contributed by atoms with E-state index in [1.165, 1.54) is 0 Å². The fourth-order valence-electron chi connectivity index (χ4n) is 1.16. The van der Waals surface area contributed by atoms with Gasteiger partial charge in [-0.3, -0.25) is 4.79 Å². The van der Waals surface area contributed by atoms with E-state index in [1.807, 2.05) is 6.92 Å². The molecule has 0 aromatic heterocycles. The van der Waals surface area contributed by atoms with Crippen LogP contribution in [0.2, 0.25) is 0 Å². The van der Waals surface area contributed by atoms with Crippen molar-refractivity contribution in [2.75, 3.05) is 13.2 Å². The first-order chi connectivity index (χ1) is 8.26. The molecule has 4 nitrogen and oxygen atoms in total. The average molecular weight is 236 g/mol. The maximum absolute atomic E-state index is 11.2. The summed E-state index contributed by atoms with van der Waals surface area (Å²) < 4.78 is 10.1. The van der Waals surface area contributed by atoms with Crippen molar-refractivity contribution in [1.29, 1.82) is 0 Å². The molecule has 0 radical (unpaired) electrons. The van der Waals surface area contributed by atoms with Crippen LogP contribution in [0.5, 0.6) is 5.75 Å². The van der Waals surface area contributed by atoms with Gasteiger partial charge in [0.25, 0.3) is 0 Å². The highest BCUT2D eigenvalue weighted by molar-refractivity contribution is 5.75. The molecule has 0 saturated carbocycles. The fraction of sp³-hybridized carbons (Fsp3) is 0.385. The SMILES string of the molecule is CCCCOC(=O)COc1ccc(C=O)cc1. The Bertz CT molecular complexity index is 356. The number of hydrogen-bond acceptors (Lipinski definition) is 4. The Hall–Kier alpha value is -1.84. The molecule has 0 aliphatic carbocycles. The molecule has 1 aromatic rings. The van der Waals surface area contributed by atoms with Gasteiger partial charge in [0.15, 0.2) is 6.61 Å². The summed E-state index contributed by atoms with van der Waals surface area (Å²) in [6.45, 7) is 2.35. The van der Waals surface area contributed by atoms with E-state index in [9.17, 15) is 9.59 Å². The van der Waals surface area contributed by atoms with E-state index in [2.05, 4.69) is 0 Å². The molecule has 0 aliphatic rings. The number of aldehydes is 1. The van der Waals surface area contributed by atoms with Gasteiger partial charge in [0, 0.05) is 5.56 Å². The standard InChI is InChI=1S/C13H16O4/c1-2-3-8-16-13(15)10-17-12-6-4-11(9-14)5-7-12/h4-7,9H,2-3,8,10H2,1H3. The lowest BCUT2D eigenvalue weighted by Gasteiger charge is -2.06. The van der Waals surface area contributed by atoms with E-state index in [0.29, 0.717) is 17.9 Å². The van der Waals surface area contributed by atoms with Gasteiger partial charge in [-0.15, -0.1) is 0 Å². The quantitative estimate of drug-likeness (QED) is 0.414. The highest BCUT2D eigenvalue weighted by Crippen LogP contribution is 2.10. The number of carbonyl (C=O) groups excluding carboxylic acids is 2. The van der Waals surface area contributed by atoms with Crippen LogP contribution in [0.4, 0.5) is 0 Å². The monoisotopic (exact) mass is 236 g/mol. The minimum absolute atomic E-state index is 0.107. The number of esters is 1. The Morgan fingerprint density at radius 3 is 2.59 bits per heavy atom. The van der Waals surface area contributed by atoms with Gasteiger partial charge >= 0.3 is 5.97 Å². The Morgan fingerprint density at radius 1 is 1.29 bits per heavy atom. The zero-order chi connectivity index (χ0) is 12.5. The number of ether oxygens (including phenoxy) is 2. The summed E-state index contributed by atoms with van der Waals surface area (Å²) in [5.74, 6) is 0.168. The molecule has 0 N–H and O–H groups in total. The third-order valence-corrected chi connectivity index (χ3v) is 2.13. The number of unbranched alkanes of at least 4 members (excludes halogenated alkanes) is 1. The molecule has 0 amide bonds. The second-order valence-electron chi connectivity index (χ2n) is 3.55. The van der Waals surface area contributed by atoms with Gasteiger partial charge in [0.2, 0.25) is 0 Å². The Labute approximate surface area is 101 Å². The topological polar surface area (TPSA) is 52.6 Å². The van der Waals surface area contributed by atoms with Gasteiger partial charge in [-0.25, -0.2) is 4.79 Å². The minimum atomic E-state index is -0.377. The van der Waals surface area contributed by atoms with Crippen LogP contribution < -0.4 is 4.74 Å². The molecule has 17 heavy (non-hydrogen) atoms. The molecule has 0 spiro atoms. The zero-order valence-corrected chi connectivity index (χ0v) is 9.85. The van der Waals surface area contributed by atoms with E-state index >= 15 is 0 Å². The van der Waals surface area contributed by atoms with Crippen LogP contribution in [0.25, 0.3) is 0 Å². The van der Waals surface area contributed by atoms with Crippen LogP contribution in [0.3, 0.4) is 0 Å². The van der Waals surface area contributed by atoms with Gasteiger partial charge in [0.05, 0.1) is 6.61 Å². The van der Waals surface area contributed by atoms with Crippen molar-refractivity contribution in [3.63, 3.8) is 0 Å². The summed E-state index contributed by atoms with van der Waals surface area (Å²) in [6.07, 6.45) is 2.60. The number of carbonyl (C=O) groups is 2. The van der Waals surface area contributed by atoms with Crippen molar-refractivity contribution in [2.24, 2.45) is 0 Å². The van der Waals surface area contributed by atoms with E-state index in [-0.39, 0.29) is 12.6 Å². The molecular formula is C13H16O4. The van der Waals surface area contributed by atoms with Crippen LogP contribution in [0, 0.1) is 0 Å². The molecule has 0 atom stereocenters. The number of hydrogen-bond donors (Lipinski definition) is 0. The average Bonchev–Trinajstić information content (AvgIpc) is 2.37. The number of benzene rings is 1. The molecule has 1 rings (SSSR count). The normalized spacial score (nSPS) is 9.71.